The molecule has 10 rings (SSSR count). The first-order valence-electron chi connectivity index (χ1n) is 21.4. The predicted molar refractivity (Wildman–Crippen MR) is 253 cm³/mol. The maximum Gasteiger partial charge on any atom is 0.333 e. The Morgan fingerprint density at radius 1 is 0.466 bits per heavy atom. The molecule has 0 unspecified atom stereocenters. The Labute approximate surface area is 346 Å². The average Bonchev–Trinajstić information content (AvgIpc) is 3.67. The van der Waals surface area contributed by atoms with Crippen LogP contribution < -0.4 is 10.9 Å². The summed E-state index contributed by atoms with van der Waals surface area (Å²) in [5.74, 6) is 0. The van der Waals surface area contributed by atoms with Crippen molar-refractivity contribution in [1.29, 1.82) is 0 Å². The smallest absolute Gasteiger partial charge is 0.333 e. The van der Waals surface area contributed by atoms with Crippen molar-refractivity contribution in [3.8, 4) is 39.2 Å². The first-order chi connectivity index (χ1) is 27.2. The molecule has 0 fully saturated rings. The molecule has 290 valence electrons. The highest BCUT2D eigenvalue weighted by Crippen LogP contribution is 2.51. The van der Waals surface area contributed by atoms with Gasteiger partial charge in [0.15, 0.2) is 0 Å². The average molecular weight is 757 g/mol. The minimum absolute atomic E-state index is 0.0307. The van der Waals surface area contributed by atoms with Gasteiger partial charge in [-0.05, 0) is 120 Å². The van der Waals surface area contributed by atoms with Gasteiger partial charge in [0.05, 0.1) is 11.0 Å². The van der Waals surface area contributed by atoms with Gasteiger partial charge in [0.2, 0.25) is 0 Å². The van der Waals surface area contributed by atoms with Crippen molar-refractivity contribution in [3.63, 3.8) is 0 Å². The zero-order valence-corrected chi connectivity index (χ0v) is 36.9. The molecular weight excluding hydrogens is 699 g/mol. The monoisotopic (exact) mass is 756 g/mol. The van der Waals surface area contributed by atoms with E-state index in [0.29, 0.717) is 0 Å². The highest BCUT2D eigenvalue weighted by Gasteiger charge is 2.44. The van der Waals surface area contributed by atoms with Crippen LogP contribution in [0.3, 0.4) is 0 Å². The number of nitrogens with zero attached hydrogens (tertiary/aromatic N) is 2. The number of benzene rings is 6. The van der Waals surface area contributed by atoms with Crippen LogP contribution in [-0.2, 0) is 21.7 Å². The molecule has 2 nitrogen and oxygen atoms in total. The summed E-state index contributed by atoms with van der Waals surface area (Å²) in [6.45, 7) is 30.6. The minimum atomic E-state index is -0.0550. The van der Waals surface area contributed by atoms with E-state index >= 15 is 0 Å². The topological polar surface area (TPSA) is 9.86 Å². The molecule has 2 aliphatic rings. The molecule has 2 aliphatic heterocycles. The molecule has 0 radical (unpaired) electrons. The summed E-state index contributed by atoms with van der Waals surface area (Å²) in [5, 5.41) is 4.04. The summed E-state index contributed by atoms with van der Waals surface area (Å²) >= 11 is 0. The third kappa shape index (κ3) is 5.24. The highest BCUT2D eigenvalue weighted by atomic mass is 15.0. The normalized spacial score (nSPS) is 13.9. The van der Waals surface area contributed by atoms with Gasteiger partial charge in [-0.3, -0.25) is 0 Å². The number of hydrogen-bond donors (Lipinski definition) is 0. The fourth-order valence-electron chi connectivity index (χ4n) is 10.1. The fourth-order valence-corrected chi connectivity index (χ4v) is 10.1. The van der Waals surface area contributed by atoms with Crippen molar-refractivity contribution in [2.75, 3.05) is 0 Å². The van der Waals surface area contributed by atoms with E-state index in [1.807, 2.05) is 0 Å². The molecule has 4 heterocycles. The first kappa shape index (κ1) is 37.0. The number of aryl methyl sites for hydroxylation is 1. The van der Waals surface area contributed by atoms with Crippen LogP contribution in [0.25, 0.3) is 71.9 Å². The van der Waals surface area contributed by atoms with E-state index in [9.17, 15) is 0 Å². The molecule has 0 N–H and O–H groups in total. The molecule has 8 aromatic rings. The van der Waals surface area contributed by atoms with Crippen molar-refractivity contribution in [2.24, 2.45) is 0 Å². The van der Waals surface area contributed by atoms with Gasteiger partial charge < -0.3 is 9.05 Å². The summed E-state index contributed by atoms with van der Waals surface area (Å²) in [6, 6.07) is 42.9. The summed E-state index contributed by atoms with van der Waals surface area (Å²) in [5.41, 5.74) is 22.7. The van der Waals surface area contributed by atoms with Crippen LogP contribution in [-0.4, -0.2) is 15.9 Å². The quantitative estimate of drug-likeness (QED) is 0.156. The van der Waals surface area contributed by atoms with Gasteiger partial charge in [0.25, 0.3) is 0 Å². The lowest BCUT2D eigenvalue weighted by Crippen LogP contribution is -2.56. The SMILES string of the molecule is Cc1ccccc1-c1c(-c2ccccc2)n2c3c(cc(C(C)(C)C)cc13)-c1cc(C(C)(C)C)cc3c1B2c1cc(C(C)(C)C)cc2c4cc(C(C)(C)C)ccc4n-3c12. The zero-order valence-electron chi connectivity index (χ0n) is 36.9. The summed E-state index contributed by atoms with van der Waals surface area (Å²) in [6.07, 6.45) is 0. The van der Waals surface area contributed by atoms with Gasteiger partial charge in [0, 0.05) is 44.2 Å². The summed E-state index contributed by atoms with van der Waals surface area (Å²) in [7, 11) is 0. The van der Waals surface area contributed by atoms with E-state index in [0.717, 1.165) is 0 Å². The molecule has 0 bridgehead atoms. The predicted octanol–water partition coefficient (Wildman–Crippen LogP) is 13.5. The van der Waals surface area contributed by atoms with Crippen LogP contribution in [0.4, 0.5) is 0 Å². The second kappa shape index (κ2) is 11.9. The molecular formula is C55H57BN2. The Morgan fingerprint density at radius 3 is 1.69 bits per heavy atom. The van der Waals surface area contributed by atoms with Crippen LogP contribution in [0, 0.1) is 6.92 Å². The molecule has 0 spiro atoms. The lowest BCUT2D eigenvalue weighted by atomic mass is 9.45. The lowest BCUT2D eigenvalue weighted by molar-refractivity contribution is 0.589. The molecule has 6 aromatic carbocycles. The van der Waals surface area contributed by atoms with Crippen LogP contribution in [0.1, 0.15) is 111 Å². The maximum atomic E-state index is 2.79. The standard InChI is InChI=1S/C55H57BN2/c1-32-19-17-18-22-38(32)47-43-29-35(53(5,6)7)27-42-40-26-37(55(11,12)13)31-46-48(40)56(58(50(42)43)49(47)33-20-15-14-16-21-33)44-30-36(54(8,9)10)28-41-39-25-34(52(2,3)4)23-24-45(39)57(46)51(41)44/h14-31H,1-13H3. The number of hydrogen-bond acceptors (Lipinski definition) is 0. The maximum absolute atomic E-state index is 2.79. The van der Waals surface area contributed by atoms with E-state index in [1.54, 1.807) is 0 Å². The van der Waals surface area contributed by atoms with Crippen LogP contribution >= 0.6 is 0 Å². The first-order valence-corrected chi connectivity index (χ1v) is 21.4. The van der Waals surface area contributed by atoms with Crippen LogP contribution in [0.15, 0.2) is 109 Å². The summed E-state index contributed by atoms with van der Waals surface area (Å²) < 4.78 is 5.45. The Kier molecular flexibility index (Phi) is 7.60. The Hall–Kier alpha value is -5.28. The Morgan fingerprint density at radius 2 is 1.03 bits per heavy atom. The second-order valence-electron chi connectivity index (χ2n) is 21.6. The number of aromatic nitrogens is 2. The number of rotatable bonds is 2. The molecule has 3 heteroatoms. The summed E-state index contributed by atoms with van der Waals surface area (Å²) in [4.78, 5) is 0. The van der Waals surface area contributed by atoms with E-state index in [2.05, 4.69) is 208 Å². The van der Waals surface area contributed by atoms with E-state index in [4.69, 9.17) is 0 Å². The largest absolute Gasteiger partial charge is 0.375 e. The van der Waals surface area contributed by atoms with Gasteiger partial charge in [-0.15, -0.1) is 0 Å². The van der Waals surface area contributed by atoms with E-state index in [-0.39, 0.29) is 28.5 Å². The molecule has 0 saturated heterocycles. The zero-order chi connectivity index (χ0) is 41.0. The molecule has 0 amide bonds. The lowest BCUT2D eigenvalue weighted by Gasteiger charge is -2.37. The fraction of sp³-hybridized carbons (Fsp3) is 0.309. The molecule has 0 saturated carbocycles. The molecule has 2 aromatic heterocycles. The molecule has 0 atom stereocenters. The minimum Gasteiger partial charge on any atom is -0.375 e. The second-order valence-corrected chi connectivity index (χ2v) is 21.6. The van der Waals surface area contributed by atoms with E-state index < -0.39 is 0 Å². The third-order valence-corrected chi connectivity index (χ3v) is 13.4. The van der Waals surface area contributed by atoms with Crippen LogP contribution in [0.2, 0.25) is 0 Å². The molecule has 58 heavy (non-hydrogen) atoms. The van der Waals surface area contributed by atoms with Crippen molar-refractivity contribution >= 4 is 50.5 Å². The van der Waals surface area contributed by atoms with Crippen molar-refractivity contribution in [2.45, 2.75) is 112 Å². The molecule has 0 aliphatic carbocycles. The van der Waals surface area contributed by atoms with Gasteiger partial charge in [-0.1, -0.05) is 156 Å². The van der Waals surface area contributed by atoms with Gasteiger partial charge in [0.1, 0.15) is 0 Å². The number of fused-ring (bicyclic) bond motifs is 7. The van der Waals surface area contributed by atoms with Crippen LogP contribution in [0.5, 0.6) is 0 Å². The van der Waals surface area contributed by atoms with E-state index in [1.165, 1.54) is 111 Å². The van der Waals surface area contributed by atoms with Gasteiger partial charge in [-0.2, -0.15) is 0 Å². The Balaban J connectivity index is 1.50. The highest BCUT2D eigenvalue weighted by molar-refractivity contribution is 6.90. The van der Waals surface area contributed by atoms with Gasteiger partial charge >= 0.3 is 6.85 Å². The third-order valence-electron chi connectivity index (χ3n) is 13.4. The van der Waals surface area contributed by atoms with Gasteiger partial charge in [-0.25, -0.2) is 0 Å². The van der Waals surface area contributed by atoms with Crippen molar-refractivity contribution < 1.29 is 0 Å². The Bertz CT molecular complexity index is 3030. The van der Waals surface area contributed by atoms with Crippen molar-refractivity contribution in [1.82, 2.24) is 9.05 Å². The van der Waals surface area contributed by atoms with Crippen molar-refractivity contribution in [3.05, 3.63) is 137 Å².